The van der Waals surface area contributed by atoms with Gasteiger partial charge < -0.3 is 10.7 Å². The topological polar surface area (TPSA) is 71.8 Å². The number of aromatic amines is 1. The number of nitrogens with zero attached hydrogens (tertiary/aromatic N) is 1. The average Bonchev–Trinajstić information content (AvgIpc) is 2.36. The number of rotatable bonds is 4. The van der Waals surface area contributed by atoms with Gasteiger partial charge in [0.2, 0.25) is 0 Å². The van der Waals surface area contributed by atoms with Gasteiger partial charge in [-0.05, 0) is 24.0 Å². The Hall–Kier alpha value is -2.10. The van der Waals surface area contributed by atoms with Gasteiger partial charge >= 0.3 is 5.69 Å². The molecule has 18 heavy (non-hydrogen) atoms. The predicted octanol–water partition coefficient (Wildman–Crippen LogP) is 2.36. The molecule has 0 atom stereocenters. The number of hydrogen-bond acceptors (Lipinski definition) is 3. The van der Waals surface area contributed by atoms with E-state index in [0.29, 0.717) is 5.69 Å². The van der Waals surface area contributed by atoms with Gasteiger partial charge in [-0.2, -0.15) is 4.98 Å². The van der Waals surface area contributed by atoms with Gasteiger partial charge in [-0.3, -0.25) is 0 Å². The second kappa shape index (κ2) is 5.49. The second-order valence-corrected chi connectivity index (χ2v) is 4.33. The van der Waals surface area contributed by atoms with Crippen molar-refractivity contribution >= 4 is 5.82 Å². The molecule has 3 N–H and O–H groups in total. The first-order valence-electron chi connectivity index (χ1n) is 6.15. The van der Waals surface area contributed by atoms with E-state index >= 15 is 0 Å². The second-order valence-electron chi connectivity index (χ2n) is 4.33. The summed E-state index contributed by atoms with van der Waals surface area (Å²) in [6.07, 6.45) is 3.47. The summed E-state index contributed by atoms with van der Waals surface area (Å²) in [6.45, 7) is 2.18. The molecule has 0 amide bonds. The fourth-order valence-electron chi connectivity index (χ4n) is 1.86. The lowest BCUT2D eigenvalue weighted by molar-refractivity contribution is 0.795. The molecule has 1 aromatic heterocycles. The van der Waals surface area contributed by atoms with Crippen LogP contribution in [0.3, 0.4) is 0 Å². The van der Waals surface area contributed by atoms with E-state index in [1.165, 1.54) is 18.4 Å². The summed E-state index contributed by atoms with van der Waals surface area (Å²) < 4.78 is 0. The first-order chi connectivity index (χ1) is 8.69. The van der Waals surface area contributed by atoms with Gasteiger partial charge in [0.05, 0.1) is 5.69 Å². The zero-order valence-corrected chi connectivity index (χ0v) is 10.4. The van der Waals surface area contributed by atoms with Gasteiger partial charge in [0.25, 0.3) is 0 Å². The maximum atomic E-state index is 11.2. The van der Waals surface area contributed by atoms with Crippen LogP contribution in [0.2, 0.25) is 0 Å². The summed E-state index contributed by atoms with van der Waals surface area (Å²) in [6, 6.07) is 9.83. The van der Waals surface area contributed by atoms with E-state index in [4.69, 9.17) is 5.73 Å². The predicted molar refractivity (Wildman–Crippen MR) is 73.3 cm³/mol. The third-order valence-corrected chi connectivity index (χ3v) is 2.85. The summed E-state index contributed by atoms with van der Waals surface area (Å²) in [7, 11) is 0. The van der Waals surface area contributed by atoms with Crippen LogP contribution >= 0.6 is 0 Å². The number of aromatic nitrogens is 2. The Morgan fingerprint density at radius 3 is 2.61 bits per heavy atom. The number of benzene rings is 1. The third kappa shape index (κ3) is 2.97. The molecule has 0 aliphatic rings. The van der Waals surface area contributed by atoms with Gasteiger partial charge in [0, 0.05) is 6.07 Å². The van der Waals surface area contributed by atoms with Crippen molar-refractivity contribution in [3.63, 3.8) is 0 Å². The highest BCUT2D eigenvalue weighted by Gasteiger charge is 2.01. The maximum Gasteiger partial charge on any atom is 0.347 e. The van der Waals surface area contributed by atoms with Crippen molar-refractivity contribution < 1.29 is 0 Å². The molecule has 0 spiro atoms. The smallest absolute Gasteiger partial charge is 0.347 e. The van der Waals surface area contributed by atoms with Gasteiger partial charge in [-0.1, -0.05) is 37.6 Å². The maximum absolute atomic E-state index is 11.2. The highest BCUT2D eigenvalue weighted by molar-refractivity contribution is 5.61. The van der Waals surface area contributed by atoms with Gasteiger partial charge in [-0.15, -0.1) is 0 Å². The summed E-state index contributed by atoms with van der Waals surface area (Å²) in [5.74, 6) is 0.240. The van der Waals surface area contributed by atoms with Gasteiger partial charge in [-0.25, -0.2) is 4.79 Å². The van der Waals surface area contributed by atoms with E-state index in [2.05, 4.69) is 29.0 Å². The zero-order chi connectivity index (χ0) is 13.0. The van der Waals surface area contributed by atoms with E-state index in [-0.39, 0.29) is 5.82 Å². The molecular weight excluding hydrogens is 226 g/mol. The van der Waals surface area contributed by atoms with E-state index in [0.717, 1.165) is 12.0 Å². The number of nitrogens with two attached hydrogens (primary N) is 1. The summed E-state index contributed by atoms with van der Waals surface area (Å²) in [5, 5.41) is 0. The van der Waals surface area contributed by atoms with Crippen LogP contribution in [0.15, 0.2) is 35.1 Å². The molecule has 2 rings (SSSR count). The minimum absolute atomic E-state index is 0.240. The summed E-state index contributed by atoms with van der Waals surface area (Å²) in [5.41, 5.74) is 8.10. The molecule has 94 valence electrons. The Morgan fingerprint density at radius 2 is 2.00 bits per heavy atom. The highest BCUT2D eigenvalue weighted by Crippen LogP contribution is 2.18. The van der Waals surface area contributed by atoms with Crippen LogP contribution in [0.1, 0.15) is 25.3 Å². The molecule has 0 bridgehead atoms. The molecule has 0 aliphatic carbocycles. The van der Waals surface area contributed by atoms with Crippen molar-refractivity contribution in [2.75, 3.05) is 5.73 Å². The van der Waals surface area contributed by atoms with E-state index in [1.807, 2.05) is 12.1 Å². The first kappa shape index (κ1) is 12.4. The molecule has 1 aromatic carbocycles. The number of hydrogen-bond donors (Lipinski definition) is 2. The van der Waals surface area contributed by atoms with E-state index in [9.17, 15) is 4.79 Å². The lowest BCUT2D eigenvalue weighted by Crippen LogP contribution is -2.12. The molecule has 0 unspecified atom stereocenters. The van der Waals surface area contributed by atoms with Crippen molar-refractivity contribution in [1.82, 2.24) is 9.97 Å². The van der Waals surface area contributed by atoms with E-state index in [1.54, 1.807) is 6.07 Å². The van der Waals surface area contributed by atoms with Gasteiger partial charge in [0.1, 0.15) is 5.82 Å². The highest BCUT2D eigenvalue weighted by atomic mass is 16.1. The van der Waals surface area contributed by atoms with Crippen molar-refractivity contribution in [2.24, 2.45) is 0 Å². The first-order valence-corrected chi connectivity index (χ1v) is 6.15. The molecule has 0 saturated heterocycles. The van der Waals surface area contributed by atoms with Crippen LogP contribution in [-0.2, 0) is 6.42 Å². The third-order valence-electron chi connectivity index (χ3n) is 2.85. The van der Waals surface area contributed by atoms with Crippen molar-refractivity contribution in [1.29, 1.82) is 0 Å². The summed E-state index contributed by atoms with van der Waals surface area (Å²) >= 11 is 0. The monoisotopic (exact) mass is 243 g/mol. The van der Waals surface area contributed by atoms with Crippen LogP contribution in [0.25, 0.3) is 11.3 Å². The molecular formula is C14H17N3O. The molecule has 0 saturated carbocycles. The van der Waals surface area contributed by atoms with Crippen molar-refractivity contribution in [2.45, 2.75) is 26.2 Å². The van der Waals surface area contributed by atoms with Gasteiger partial charge in [0.15, 0.2) is 0 Å². The molecule has 0 radical (unpaired) electrons. The number of nitrogens with one attached hydrogen (secondary N) is 1. The standard InChI is InChI=1S/C14H17N3O/c1-2-3-4-10-5-7-11(8-6-10)12-9-13(15)17-14(18)16-12/h5-9H,2-4H2,1H3,(H3,15,16,17,18). The molecule has 2 aromatic rings. The normalized spacial score (nSPS) is 10.5. The molecule has 0 fully saturated rings. The minimum Gasteiger partial charge on any atom is -0.383 e. The average molecular weight is 243 g/mol. The minimum atomic E-state index is -0.417. The molecule has 1 heterocycles. The summed E-state index contributed by atoms with van der Waals surface area (Å²) in [4.78, 5) is 17.5. The zero-order valence-electron chi connectivity index (χ0n) is 10.4. The van der Waals surface area contributed by atoms with Crippen LogP contribution in [-0.4, -0.2) is 9.97 Å². The van der Waals surface area contributed by atoms with Crippen LogP contribution < -0.4 is 11.4 Å². The number of aryl methyl sites for hydroxylation is 1. The molecule has 4 nitrogen and oxygen atoms in total. The fourth-order valence-corrected chi connectivity index (χ4v) is 1.86. The number of H-pyrrole nitrogens is 1. The van der Waals surface area contributed by atoms with Crippen molar-refractivity contribution in [3.05, 3.63) is 46.4 Å². The fraction of sp³-hybridized carbons (Fsp3) is 0.286. The SMILES string of the molecule is CCCCc1ccc(-c2cc(N)nc(=O)[nH]2)cc1. The Kier molecular flexibility index (Phi) is 3.77. The lowest BCUT2D eigenvalue weighted by atomic mass is 10.0. The number of anilines is 1. The van der Waals surface area contributed by atoms with Crippen LogP contribution in [0.5, 0.6) is 0 Å². The Labute approximate surface area is 106 Å². The van der Waals surface area contributed by atoms with E-state index < -0.39 is 5.69 Å². The van der Waals surface area contributed by atoms with Crippen molar-refractivity contribution in [3.8, 4) is 11.3 Å². The molecule has 0 aliphatic heterocycles. The number of nitrogen functional groups attached to an aromatic ring is 1. The lowest BCUT2D eigenvalue weighted by Gasteiger charge is -2.04. The van der Waals surface area contributed by atoms with Crippen LogP contribution in [0.4, 0.5) is 5.82 Å². The Balaban J connectivity index is 2.25. The Morgan fingerprint density at radius 1 is 1.28 bits per heavy atom. The quantitative estimate of drug-likeness (QED) is 0.865. The van der Waals surface area contributed by atoms with Crippen LogP contribution in [0, 0.1) is 0 Å². The number of unbranched alkanes of at least 4 members (excludes halogenated alkanes) is 1. The largest absolute Gasteiger partial charge is 0.383 e. The Bertz CT molecular complexity index is 572. The molecule has 4 heteroatoms.